The number of anilines is 1. The Morgan fingerprint density at radius 2 is 2.06 bits per heavy atom. The minimum Gasteiger partial charge on any atom is -0.491 e. The number of nitrogen functional groups attached to an aromatic ring is 1. The van der Waals surface area contributed by atoms with Gasteiger partial charge >= 0.3 is 0 Å². The third-order valence-electron chi connectivity index (χ3n) is 5.36. The van der Waals surface area contributed by atoms with Crippen LogP contribution in [0.25, 0.3) is 21.9 Å². The average Bonchev–Trinajstić information content (AvgIpc) is 3.34. The van der Waals surface area contributed by atoms with Gasteiger partial charge in [0.25, 0.3) is 0 Å². The van der Waals surface area contributed by atoms with E-state index >= 15 is 0 Å². The summed E-state index contributed by atoms with van der Waals surface area (Å²) < 4.78 is 20.2. The van der Waals surface area contributed by atoms with Crippen molar-refractivity contribution in [3.05, 3.63) is 55.1 Å². The van der Waals surface area contributed by atoms with Crippen LogP contribution in [0.5, 0.6) is 5.75 Å². The van der Waals surface area contributed by atoms with Crippen LogP contribution < -0.4 is 10.5 Å². The van der Waals surface area contributed by atoms with Crippen molar-refractivity contribution >= 4 is 27.8 Å². The first-order chi connectivity index (χ1) is 15.4. The lowest BCUT2D eigenvalue weighted by Crippen LogP contribution is -2.33. The fraction of sp³-hybridized carbons (Fsp3) is 0.348. The van der Waals surface area contributed by atoms with Gasteiger partial charge in [-0.2, -0.15) is 0 Å². The molecular weight excluding hydrogens is 410 g/mol. The van der Waals surface area contributed by atoms with Crippen molar-refractivity contribution in [3.63, 3.8) is 0 Å². The maximum atomic E-state index is 10.3. The van der Waals surface area contributed by atoms with Gasteiger partial charge in [-0.25, -0.2) is 15.0 Å². The van der Waals surface area contributed by atoms with Gasteiger partial charge in [0.2, 0.25) is 0 Å². The van der Waals surface area contributed by atoms with Gasteiger partial charge in [0.05, 0.1) is 11.6 Å². The molecule has 3 atom stereocenters. The summed E-state index contributed by atoms with van der Waals surface area (Å²) in [5.74, 6) is -0.156. The van der Waals surface area contributed by atoms with Crippen LogP contribution in [-0.2, 0) is 9.47 Å². The first-order valence-electron chi connectivity index (χ1n) is 10.5. The summed E-state index contributed by atoms with van der Waals surface area (Å²) in [6.45, 7) is 3.54. The molecule has 0 radical (unpaired) electrons. The molecule has 0 spiro atoms. The van der Waals surface area contributed by atoms with Crippen LogP contribution in [0.1, 0.15) is 26.5 Å². The van der Waals surface area contributed by atoms with E-state index in [0.717, 1.165) is 21.9 Å². The van der Waals surface area contributed by atoms with Crippen LogP contribution in [0.15, 0.2) is 55.1 Å². The molecule has 3 N–H and O–H groups in total. The van der Waals surface area contributed by atoms with Gasteiger partial charge in [0, 0.05) is 35.7 Å². The first-order valence-corrected chi connectivity index (χ1v) is 10.5. The summed E-state index contributed by atoms with van der Waals surface area (Å²) in [7, 11) is 0. The molecule has 1 aromatic carbocycles. The van der Waals surface area contributed by atoms with Crippen LogP contribution in [-0.4, -0.2) is 49.2 Å². The van der Waals surface area contributed by atoms with E-state index in [-0.39, 0.29) is 12.2 Å². The third-order valence-corrected chi connectivity index (χ3v) is 5.36. The van der Waals surface area contributed by atoms with Crippen molar-refractivity contribution in [1.29, 1.82) is 0 Å². The molecule has 9 nitrogen and oxygen atoms in total. The van der Waals surface area contributed by atoms with Crippen molar-refractivity contribution < 1.29 is 19.3 Å². The van der Waals surface area contributed by atoms with E-state index < -0.39 is 12.0 Å². The monoisotopic (exact) mass is 435 g/mol. The molecule has 32 heavy (non-hydrogen) atoms. The number of fused-ring (bicyclic) bond motifs is 2. The molecule has 1 saturated heterocycles. The van der Waals surface area contributed by atoms with E-state index in [1.165, 1.54) is 6.33 Å². The predicted octanol–water partition coefficient (Wildman–Crippen LogP) is 3.04. The smallest absolute Gasteiger partial charge is 0.162 e. The highest BCUT2D eigenvalue weighted by Gasteiger charge is 2.40. The van der Waals surface area contributed by atoms with Gasteiger partial charge in [-0.05, 0) is 44.2 Å². The Hall–Kier alpha value is -3.27. The van der Waals surface area contributed by atoms with Crippen molar-refractivity contribution in [2.75, 3.05) is 12.3 Å². The number of rotatable bonds is 6. The Bertz CT molecular complexity index is 1250. The second-order valence-electron chi connectivity index (χ2n) is 8.41. The van der Waals surface area contributed by atoms with Crippen LogP contribution in [0.4, 0.5) is 5.82 Å². The molecule has 166 valence electrons. The number of aliphatic hydroxyl groups is 1. The second-order valence-corrected chi connectivity index (χ2v) is 8.41. The van der Waals surface area contributed by atoms with Gasteiger partial charge in [0.1, 0.15) is 36.3 Å². The predicted molar refractivity (Wildman–Crippen MR) is 119 cm³/mol. The first kappa shape index (κ1) is 20.6. The Morgan fingerprint density at radius 1 is 1.22 bits per heavy atom. The fourth-order valence-corrected chi connectivity index (χ4v) is 4.04. The van der Waals surface area contributed by atoms with E-state index in [0.29, 0.717) is 24.6 Å². The summed E-state index contributed by atoms with van der Waals surface area (Å²) in [6.07, 6.45) is 4.62. The van der Waals surface area contributed by atoms with E-state index in [1.54, 1.807) is 26.1 Å². The highest BCUT2D eigenvalue weighted by Crippen LogP contribution is 2.35. The maximum Gasteiger partial charge on any atom is 0.162 e. The third kappa shape index (κ3) is 4.22. The summed E-state index contributed by atoms with van der Waals surface area (Å²) in [4.78, 5) is 12.8. The molecule has 3 aromatic heterocycles. The van der Waals surface area contributed by atoms with Gasteiger partial charge in [0.15, 0.2) is 12.0 Å². The fourth-order valence-electron chi connectivity index (χ4n) is 4.04. The molecular formula is C23H25N5O4. The molecule has 1 fully saturated rings. The summed E-state index contributed by atoms with van der Waals surface area (Å²) in [5.41, 5.74) is 7.31. The number of aromatic nitrogens is 4. The zero-order valence-corrected chi connectivity index (χ0v) is 17.9. The van der Waals surface area contributed by atoms with Crippen molar-refractivity contribution in [3.8, 4) is 5.75 Å². The van der Waals surface area contributed by atoms with E-state index in [9.17, 15) is 5.11 Å². The molecule has 0 unspecified atom stereocenters. The molecule has 5 rings (SSSR count). The standard InChI is InChI=1S/C23H25N5O4/c1-23(2,29)32-19-10-17(31-22(19)28-8-7-15-11-25-13-26-21(15)28)12-30-16-5-3-14-4-6-20(24)27-18(14)9-16/h3-9,11,13,17,19,22,29H,10,12H2,1-2H3,(H2,24,27)/t17-,19+,22+/m0/s1. The normalized spacial score (nSPS) is 21.4. The number of benzene rings is 1. The topological polar surface area (TPSA) is 118 Å². The zero-order valence-electron chi connectivity index (χ0n) is 17.9. The minimum absolute atomic E-state index is 0.240. The number of ether oxygens (including phenoxy) is 3. The van der Waals surface area contributed by atoms with Crippen LogP contribution >= 0.6 is 0 Å². The Balaban J connectivity index is 1.35. The summed E-state index contributed by atoms with van der Waals surface area (Å²) in [5, 5.41) is 12.2. The number of hydrogen-bond donors (Lipinski definition) is 2. The lowest BCUT2D eigenvalue weighted by atomic mass is 10.2. The number of pyridine rings is 1. The quantitative estimate of drug-likeness (QED) is 0.444. The zero-order chi connectivity index (χ0) is 22.3. The minimum atomic E-state index is -1.30. The van der Waals surface area contributed by atoms with Gasteiger partial charge < -0.3 is 29.6 Å². The number of nitrogens with two attached hydrogens (primary N) is 1. The molecule has 4 aromatic rings. The Kier molecular flexibility index (Phi) is 5.16. The molecule has 0 amide bonds. The van der Waals surface area contributed by atoms with Crippen LogP contribution in [0.3, 0.4) is 0 Å². The van der Waals surface area contributed by atoms with Crippen molar-refractivity contribution in [1.82, 2.24) is 19.5 Å². The van der Waals surface area contributed by atoms with E-state index in [2.05, 4.69) is 15.0 Å². The molecule has 1 aliphatic heterocycles. The second kappa shape index (κ2) is 8.01. The van der Waals surface area contributed by atoms with Gasteiger partial charge in [-0.1, -0.05) is 0 Å². The Labute approximate surface area is 184 Å². The SMILES string of the molecule is CC(C)(O)O[C@@H]1C[C@@H](COc2ccc3ccc(N)nc3c2)O[C@H]1n1ccc2cncnc21. The molecule has 0 aliphatic carbocycles. The molecule has 4 heterocycles. The lowest BCUT2D eigenvalue weighted by molar-refractivity contribution is -0.222. The summed E-state index contributed by atoms with van der Waals surface area (Å²) in [6, 6.07) is 11.3. The lowest BCUT2D eigenvalue weighted by Gasteiger charge is -2.27. The number of nitrogens with zero attached hydrogens (tertiary/aromatic N) is 4. The summed E-state index contributed by atoms with van der Waals surface area (Å²) >= 11 is 0. The highest BCUT2D eigenvalue weighted by molar-refractivity contribution is 5.81. The molecule has 1 aliphatic rings. The molecule has 9 heteroatoms. The van der Waals surface area contributed by atoms with Crippen LogP contribution in [0.2, 0.25) is 0 Å². The molecule has 0 bridgehead atoms. The van der Waals surface area contributed by atoms with E-state index in [1.807, 2.05) is 41.1 Å². The maximum absolute atomic E-state index is 10.3. The van der Waals surface area contributed by atoms with Gasteiger partial charge in [-0.3, -0.25) is 0 Å². The van der Waals surface area contributed by atoms with E-state index in [4.69, 9.17) is 19.9 Å². The highest BCUT2D eigenvalue weighted by atomic mass is 16.7. The number of hydrogen-bond acceptors (Lipinski definition) is 8. The largest absolute Gasteiger partial charge is 0.491 e. The average molecular weight is 435 g/mol. The van der Waals surface area contributed by atoms with Crippen molar-refractivity contribution in [2.45, 2.75) is 44.5 Å². The Morgan fingerprint density at radius 3 is 2.91 bits per heavy atom. The van der Waals surface area contributed by atoms with Crippen molar-refractivity contribution in [2.24, 2.45) is 0 Å². The van der Waals surface area contributed by atoms with Gasteiger partial charge in [-0.15, -0.1) is 0 Å². The molecule has 0 saturated carbocycles. The van der Waals surface area contributed by atoms with Crippen LogP contribution in [0, 0.1) is 0 Å².